The lowest BCUT2D eigenvalue weighted by molar-refractivity contribution is -0.130. The van der Waals surface area contributed by atoms with Crippen LogP contribution >= 0.6 is 0 Å². The molecule has 1 unspecified atom stereocenters. The second kappa shape index (κ2) is 10.9. The minimum absolute atomic E-state index is 0.0204. The van der Waals surface area contributed by atoms with Gasteiger partial charge in [0, 0.05) is 38.3 Å². The summed E-state index contributed by atoms with van der Waals surface area (Å²) >= 11 is 0. The second-order valence-electron chi connectivity index (χ2n) is 7.49. The summed E-state index contributed by atoms with van der Waals surface area (Å²) in [4.78, 5) is 28.7. The van der Waals surface area contributed by atoms with Crippen molar-refractivity contribution in [2.75, 3.05) is 47.5 Å². The predicted molar refractivity (Wildman–Crippen MR) is 116 cm³/mol. The first-order chi connectivity index (χ1) is 14.3. The summed E-state index contributed by atoms with van der Waals surface area (Å²) in [5, 5.41) is 2.94. The number of amides is 2. The molecule has 1 heterocycles. The maximum Gasteiger partial charge on any atom is 0.246 e. The van der Waals surface area contributed by atoms with Crippen molar-refractivity contribution in [3.8, 4) is 17.2 Å². The van der Waals surface area contributed by atoms with Gasteiger partial charge in [0.15, 0.2) is 11.5 Å². The Balaban J connectivity index is 1.98. The molecule has 0 saturated carbocycles. The molecule has 1 atom stereocenters. The molecule has 0 spiro atoms. The van der Waals surface area contributed by atoms with Gasteiger partial charge in [0.1, 0.15) is 0 Å². The van der Waals surface area contributed by atoms with Crippen molar-refractivity contribution in [2.24, 2.45) is 0 Å². The Morgan fingerprint density at radius 3 is 2.00 bits per heavy atom. The van der Waals surface area contributed by atoms with Crippen LogP contribution in [0.2, 0.25) is 0 Å². The number of hydrogen-bond acceptors (Lipinski definition) is 6. The molecule has 0 bridgehead atoms. The first-order valence-electron chi connectivity index (χ1n) is 10.1. The average molecular weight is 420 g/mol. The third-order valence-corrected chi connectivity index (χ3v) is 5.09. The Morgan fingerprint density at radius 2 is 1.53 bits per heavy atom. The van der Waals surface area contributed by atoms with Crippen LogP contribution in [0.3, 0.4) is 0 Å². The van der Waals surface area contributed by atoms with Crippen LogP contribution in [0.5, 0.6) is 17.2 Å². The third kappa shape index (κ3) is 5.89. The van der Waals surface area contributed by atoms with E-state index in [1.165, 1.54) is 0 Å². The van der Waals surface area contributed by atoms with Gasteiger partial charge < -0.3 is 24.4 Å². The Labute approximate surface area is 178 Å². The van der Waals surface area contributed by atoms with Crippen molar-refractivity contribution in [3.63, 3.8) is 0 Å². The Morgan fingerprint density at radius 1 is 0.967 bits per heavy atom. The lowest BCUT2D eigenvalue weighted by Gasteiger charge is -2.37. The van der Waals surface area contributed by atoms with E-state index in [-0.39, 0.29) is 23.9 Å². The van der Waals surface area contributed by atoms with E-state index >= 15 is 0 Å². The largest absolute Gasteiger partial charge is 0.493 e. The van der Waals surface area contributed by atoms with E-state index in [2.05, 4.69) is 10.2 Å². The molecule has 1 aliphatic rings. The van der Waals surface area contributed by atoms with E-state index < -0.39 is 0 Å². The van der Waals surface area contributed by atoms with Crippen molar-refractivity contribution >= 4 is 17.9 Å². The van der Waals surface area contributed by atoms with Gasteiger partial charge in [-0.25, -0.2) is 0 Å². The number of ether oxygens (including phenoxy) is 3. The fraction of sp³-hybridized carbons (Fsp3) is 0.545. The van der Waals surface area contributed by atoms with Crippen LogP contribution in [0, 0.1) is 0 Å². The summed E-state index contributed by atoms with van der Waals surface area (Å²) in [5.41, 5.74) is 0.774. The number of nitrogens with one attached hydrogen (secondary N) is 1. The molecular formula is C22H33N3O5. The van der Waals surface area contributed by atoms with E-state index in [0.29, 0.717) is 43.4 Å². The summed E-state index contributed by atoms with van der Waals surface area (Å²) in [6.45, 7) is 8.28. The molecule has 8 heteroatoms. The molecular weight excluding hydrogens is 386 g/mol. The first-order valence-corrected chi connectivity index (χ1v) is 10.1. The highest BCUT2D eigenvalue weighted by Gasteiger charge is 2.27. The van der Waals surface area contributed by atoms with Crippen LogP contribution in [0.4, 0.5) is 0 Å². The minimum Gasteiger partial charge on any atom is -0.493 e. The number of methoxy groups -OCH3 is 3. The summed E-state index contributed by atoms with van der Waals surface area (Å²) in [5.74, 6) is 1.53. The molecule has 1 N–H and O–H groups in total. The SMILES string of the molecule is COc1cc(/C=C/C(=O)N2CCN(C(C)C(=O)NC(C)C)CC2)cc(OC)c1OC. The van der Waals surface area contributed by atoms with Crippen LogP contribution in [0.1, 0.15) is 26.3 Å². The monoisotopic (exact) mass is 419 g/mol. The molecule has 1 fully saturated rings. The van der Waals surface area contributed by atoms with Gasteiger partial charge in [0.05, 0.1) is 27.4 Å². The fourth-order valence-corrected chi connectivity index (χ4v) is 3.37. The summed E-state index contributed by atoms with van der Waals surface area (Å²) < 4.78 is 16.0. The maximum atomic E-state index is 12.6. The fourth-order valence-electron chi connectivity index (χ4n) is 3.37. The Kier molecular flexibility index (Phi) is 8.53. The van der Waals surface area contributed by atoms with Crippen molar-refractivity contribution < 1.29 is 23.8 Å². The Hall–Kier alpha value is -2.74. The van der Waals surface area contributed by atoms with Gasteiger partial charge in [0.25, 0.3) is 0 Å². The average Bonchev–Trinajstić information content (AvgIpc) is 2.75. The van der Waals surface area contributed by atoms with Gasteiger partial charge in [0.2, 0.25) is 17.6 Å². The molecule has 1 aromatic rings. The van der Waals surface area contributed by atoms with Gasteiger partial charge in [-0.05, 0) is 44.5 Å². The topological polar surface area (TPSA) is 80.3 Å². The van der Waals surface area contributed by atoms with Gasteiger partial charge in [-0.2, -0.15) is 0 Å². The zero-order valence-electron chi connectivity index (χ0n) is 18.7. The van der Waals surface area contributed by atoms with E-state index in [0.717, 1.165) is 5.56 Å². The number of rotatable bonds is 8. The van der Waals surface area contributed by atoms with Crippen molar-refractivity contribution in [1.82, 2.24) is 15.1 Å². The molecule has 1 aromatic carbocycles. The molecule has 1 saturated heterocycles. The number of piperazine rings is 1. The standard InChI is InChI=1S/C22H33N3O5/c1-15(2)23-22(27)16(3)24-9-11-25(12-10-24)20(26)8-7-17-13-18(28-4)21(30-6)19(14-17)29-5/h7-8,13-16H,9-12H2,1-6H3,(H,23,27)/b8-7+. The molecule has 2 rings (SSSR count). The predicted octanol–water partition coefficient (Wildman–Crippen LogP) is 1.78. The van der Waals surface area contributed by atoms with Crippen LogP contribution in [0.15, 0.2) is 18.2 Å². The lowest BCUT2D eigenvalue weighted by Crippen LogP contribution is -2.55. The van der Waals surface area contributed by atoms with E-state index in [1.807, 2.05) is 20.8 Å². The minimum atomic E-state index is -0.209. The van der Waals surface area contributed by atoms with Crippen molar-refractivity contribution in [1.29, 1.82) is 0 Å². The lowest BCUT2D eigenvalue weighted by atomic mass is 10.1. The quantitative estimate of drug-likeness (QED) is 0.647. The number of carbonyl (C=O) groups excluding carboxylic acids is 2. The second-order valence-corrected chi connectivity index (χ2v) is 7.49. The van der Waals surface area contributed by atoms with Crippen LogP contribution in [-0.2, 0) is 9.59 Å². The molecule has 1 aliphatic heterocycles. The smallest absolute Gasteiger partial charge is 0.246 e. The number of carbonyl (C=O) groups is 2. The summed E-state index contributed by atoms with van der Waals surface area (Å²) in [7, 11) is 4.65. The normalized spacial score (nSPS) is 15.9. The molecule has 0 aromatic heterocycles. The molecule has 30 heavy (non-hydrogen) atoms. The molecule has 0 radical (unpaired) electrons. The number of hydrogen-bond donors (Lipinski definition) is 1. The molecule has 2 amide bonds. The van der Waals surface area contributed by atoms with E-state index in [9.17, 15) is 9.59 Å². The number of nitrogens with zero attached hydrogens (tertiary/aromatic N) is 2. The maximum absolute atomic E-state index is 12.6. The van der Waals surface area contributed by atoms with Gasteiger partial charge >= 0.3 is 0 Å². The zero-order valence-corrected chi connectivity index (χ0v) is 18.7. The third-order valence-electron chi connectivity index (χ3n) is 5.09. The van der Waals surface area contributed by atoms with E-state index in [4.69, 9.17) is 14.2 Å². The van der Waals surface area contributed by atoms with Crippen LogP contribution in [0.25, 0.3) is 6.08 Å². The Bertz CT molecular complexity index is 745. The number of benzene rings is 1. The van der Waals surface area contributed by atoms with Crippen molar-refractivity contribution in [2.45, 2.75) is 32.9 Å². The summed E-state index contributed by atoms with van der Waals surface area (Å²) in [6, 6.07) is 3.48. The van der Waals surface area contributed by atoms with Gasteiger partial charge in [-0.3, -0.25) is 14.5 Å². The van der Waals surface area contributed by atoms with Crippen molar-refractivity contribution in [3.05, 3.63) is 23.8 Å². The van der Waals surface area contributed by atoms with Crippen LogP contribution in [-0.4, -0.2) is 81.2 Å². The first kappa shape index (κ1) is 23.5. The summed E-state index contributed by atoms with van der Waals surface area (Å²) in [6.07, 6.45) is 3.28. The molecule has 0 aliphatic carbocycles. The zero-order chi connectivity index (χ0) is 22.3. The highest BCUT2D eigenvalue weighted by molar-refractivity contribution is 5.92. The molecule has 166 valence electrons. The highest BCUT2D eigenvalue weighted by Crippen LogP contribution is 2.38. The van der Waals surface area contributed by atoms with Crippen LogP contribution < -0.4 is 19.5 Å². The van der Waals surface area contributed by atoms with Gasteiger partial charge in [-0.1, -0.05) is 0 Å². The highest BCUT2D eigenvalue weighted by atomic mass is 16.5. The molecule has 8 nitrogen and oxygen atoms in total. The van der Waals surface area contributed by atoms with Gasteiger partial charge in [-0.15, -0.1) is 0 Å². The van der Waals surface area contributed by atoms with E-state index in [1.54, 1.807) is 50.5 Å².